The smallest absolute Gasteiger partial charge is 0.302 e. The van der Waals surface area contributed by atoms with Crippen LogP contribution in [0, 0.1) is 13.8 Å². The summed E-state index contributed by atoms with van der Waals surface area (Å²) in [5.41, 5.74) is 5.22. The zero-order valence-electron chi connectivity index (χ0n) is 9.51. The minimum Gasteiger partial charge on any atom is -0.453 e. The number of aromatic nitrogens is 2. The third-order valence-corrected chi connectivity index (χ3v) is 7.98. The number of anilines is 1. The van der Waals surface area contributed by atoms with Crippen molar-refractivity contribution in [2.45, 2.75) is 23.8 Å². The van der Waals surface area contributed by atoms with Crippen LogP contribution in [0.25, 0.3) is 0 Å². The van der Waals surface area contributed by atoms with E-state index < -0.39 is 0 Å². The van der Waals surface area contributed by atoms with Gasteiger partial charge in [-0.3, -0.25) is 4.79 Å². The molecule has 4 nitrogen and oxygen atoms in total. The molecule has 0 saturated carbocycles. The van der Waals surface area contributed by atoms with E-state index in [1.165, 1.54) is 37.1 Å². The number of hydrogen-bond acceptors (Lipinski definition) is 5. The second kappa shape index (κ2) is 4.37. The predicted octanol–water partition coefficient (Wildman–Crippen LogP) is 2.38. The maximum atomic E-state index is 11.7. The van der Waals surface area contributed by atoms with Crippen LogP contribution in [0.15, 0.2) is 14.7 Å². The Bertz CT molecular complexity index is 712. The van der Waals surface area contributed by atoms with E-state index >= 15 is 0 Å². The summed E-state index contributed by atoms with van der Waals surface area (Å²) in [7, 11) is 0. The van der Waals surface area contributed by atoms with Crippen molar-refractivity contribution in [2.24, 2.45) is 0 Å². The molecule has 0 spiro atoms. The summed E-state index contributed by atoms with van der Waals surface area (Å²) in [5.74, 6) is 0.0512. The number of nitrogens with zero attached hydrogens (tertiary/aromatic N) is 2. The Morgan fingerprint density at radius 3 is 2.83 bits per heavy atom. The average Bonchev–Trinajstić information content (AvgIpc) is 2.84. The minimum absolute atomic E-state index is 0.0512. The molecular weight excluding hydrogens is 306 g/mol. The van der Waals surface area contributed by atoms with E-state index in [1.54, 1.807) is 22.7 Å². The molecular formula is C10H8N3OS4. The van der Waals surface area contributed by atoms with Gasteiger partial charge < -0.3 is 15.7 Å². The molecule has 3 rings (SSSR count). The first-order valence-electron chi connectivity index (χ1n) is 5.02. The lowest BCUT2D eigenvalue weighted by molar-refractivity contribution is 0.934. The molecule has 2 N–H and O–H groups in total. The zero-order valence-corrected chi connectivity index (χ0v) is 12.8. The van der Waals surface area contributed by atoms with Gasteiger partial charge >= 0.3 is 4.19 Å². The van der Waals surface area contributed by atoms with Crippen LogP contribution >= 0.6 is 45.8 Å². The van der Waals surface area contributed by atoms with Crippen molar-refractivity contribution >= 4 is 55.9 Å². The van der Waals surface area contributed by atoms with E-state index in [-0.39, 0.29) is 11.5 Å². The van der Waals surface area contributed by atoms with Gasteiger partial charge in [0.25, 0.3) is 0 Å². The normalized spacial score (nSPS) is 13.6. The topological polar surface area (TPSA) is 70.1 Å². The van der Waals surface area contributed by atoms with Crippen LogP contribution in [0.4, 0.5) is 5.95 Å². The van der Waals surface area contributed by atoms with E-state index in [0.29, 0.717) is 9.92 Å². The maximum Gasteiger partial charge on any atom is 0.302 e. The molecule has 3 heterocycles. The second-order valence-electron chi connectivity index (χ2n) is 3.62. The van der Waals surface area contributed by atoms with Gasteiger partial charge in [-0.2, -0.15) is 0 Å². The summed E-state index contributed by atoms with van der Waals surface area (Å²) in [6, 6.07) is 0. The molecule has 1 aliphatic heterocycles. The van der Waals surface area contributed by atoms with Crippen molar-refractivity contribution in [3.8, 4) is 0 Å². The summed E-state index contributed by atoms with van der Waals surface area (Å²) in [6.45, 7) is 4.21. The summed E-state index contributed by atoms with van der Waals surface area (Å²) in [4.78, 5) is 22.7. The molecule has 8 heteroatoms. The number of hydrogen-bond donors (Lipinski definition) is 1. The fraction of sp³-hybridized carbons (Fsp3) is 0.200. The van der Waals surface area contributed by atoms with Crippen LogP contribution in [0.3, 0.4) is 0 Å². The van der Waals surface area contributed by atoms with Gasteiger partial charge in [0.15, 0.2) is 0 Å². The molecule has 0 aromatic carbocycles. The third kappa shape index (κ3) is 1.99. The Hall–Kier alpha value is -0.830. The molecule has 93 valence electrons. The number of fused-ring (bicyclic) bond motifs is 1. The van der Waals surface area contributed by atoms with Crippen molar-refractivity contribution in [2.75, 3.05) is 5.73 Å². The van der Waals surface area contributed by atoms with Gasteiger partial charge in [0, 0.05) is 5.95 Å². The van der Waals surface area contributed by atoms with Gasteiger partial charge in [0.2, 0.25) is 5.56 Å². The predicted molar refractivity (Wildman–Crippen MR) is 80.1 cm³/mol. The molecule has 1 radical (unpaired) electrons. The number of nitrogen functional groups attached to an aromatic ring is 1. The standard InChI is InChI=1S/C10H8N3OS4/c1-3-4(2)16-8(15-3)9-17-5-6(14)12-10(11)13-7(5)18-9/h1-2H3,(H2-,11,12,13,14). The van der Waals surface area contributed by atoms with Crippen LogP contribution in [-0.4, -0.2) is 9.18 Å². The summed E-state index contributed by atoms with van der Waals surface area (Å²) < 4.78 is 2.32. The first-order valence-corrected chi connectivity index (χ1v) is 8.29. The van der Waals surface area contributed by atoms with E-state index in [9.17, 15) is 4.79 Å². The second-order valence-corrected chi connectivity index (χ2v) is 8.60. The largest absolute Gasteiger partial charge is 0.453 e. The lowest BCUT2D eigenvalue weighted by Crippen LogP contribution is -2.15. The lowest BCUT2D eigenvalue weighted by atomic mass is 10.5. The van der Waals surface area contributed by atoms with Gasteiger partial charge in [-0.05, 0) is 13.8 Å². The number of nitrogens with two attached hydrogens (primary N) is 1. The zero-order chi connectivity index (χ0) is 12.9. The van der Waals surface area contributed by atoms with E-state index in [4.69, 9.17) is 5.73 Å². The molecule has 1 aliphatic rings. The van der Waals surface area contributed by atoms with E-state index in [1.807, 2.05) is 0 Å². The lowest BCUT2D eigenvalue weighted by Gasteiger charge is -2.03. The Morgan fingerprint density at radius 1 is 1.39 bits per heavy atom. The molecule has 0 saturated heterocycles. The highest BCUT2D eigenvalue weighted by atomic mass is 32.2. The van der Waals surface area contributed by atoms with Crippen LogP contribution in [0.5, 0.6) is 0 Å². The average molecular weight is 314 g/mol. The SMILES string of the molecule is Cc1sc(C2=[S]c3c(nc(N)[n-]c3=O)S2)[s+]c1C. The molecule has 0 bridgehead atoms. The van der Waals surface area contributed by atoms with Crippen molar-refractivity contribution in [1.29, 1.82) is 0 Å². The van der Waals surface area contributed by atoms with Gasteiger partial charge in [-0.15, -0.1) is 11.4 Å². The molecule has 0 amide bonds. The van der Waals surface area contributed by atoms with Crippen LogP contribution < -0.4 is 16.3 Å². The van der Waals surface area contributed by atoms with Crippen LogP contribution in [-0.2, 0) is 0 Å². The Kier molecular flexibility index (Phi) is 2.97. The Balaban J connectivity index is 2.08. The minimum atomic E-state index is -0.278. The van der Waals surface area contributed by atoms with Crippen LogP contribution in [0.1, 0.15) is 13.9 Å². The van der Waals surface area contributed by atoms with E-state index in [2.05, 4.69) is 23.8 Å². The van der Waals surface area contributed by atoms with Gasteiger partial charge in [0.1, 0.15) is 14.0 Å². The summed E-state index contributed by atoms with van der Waals surface area (Å²) in [6.07, 6.45) is 0. The molecule has 2 aromatic heterocycles. The molecule has 2 aromatic rings. The first-order chi connectivity index (χ1) is 8.54. The van der Waals surface area contributed by atoms with E-state index in [0.717, 1.165) is 4.20 Å². The fourth-order valence-corrected chi connectivity index (χ4v) is 6.59. The highest BCUT2D eigenvalue weighted by Gasteiger charge is 2.27. The monoisotopic (exact) mass is 314 g/mol. The molecule has 0 aliphatic carbocycles. The molecule has 0 fully saturated rings. The van der Waals surface area contributed by atoms with Gasteiger partial charge in [-0.25, -0.2) is 0 Å². The maximum absolute atomic E-state index is 11.7. The Labute approximate surface area is 119 Å². The highest BCUT2D eigenvalue weighted by Crippen LogP contribution is 2.41. The van der Waals surface area contributed by atoms with Crippen molar-refractivity contribution in [1.82, 2.24) is 9.97 Å². The number of aryl methyl sites for hydroxylation is 2. The highest BCUT2D eigenvalue weighted by molar-refractivity contribution is 8.30. The van der Waals surface area contributed by atoms with Gasteiger partial charge in [0.05, 0.1) is 32.6 Å². The summed E-state index contributed by atoms with van der Waals surface area (Å²) in [5, 5.41) is 0.684. The van der Waals surface area contributed by atoms with Crippen molar-refractivity contribution in [3.05, 3.63) is 24.3 Å². The first kappa shape index (κ1) is 12.2. The number of rotatable bonds is 1. The fourth-order valence-electron chi connectivity index (χ4n) is 1.39. The number of thioether (sulfide) groups is 1. The quantitative estimate of drug-likeness (QED) is 0.497. The molecule has 0 atom stereocenters. The Morgan fingerprint density at radius 2 is 2.17 bits per heavy atom. The van der Waals surface area contributed by atoms with Gasteiger partial charge in [-0.1, -0.05) is 11.8 Å². The summed E-state index contributed by atoms with van der Waals surface area (Å²) >= 11 is 6.46. The third-order valence-electron chi connectivity index (χ3n) is 2.36. The molecule has 0 unspecified atom stereocenters. The van der Waals surface area contributed by atoms with Crippen molar-refractivity contribution < 1.29 is 0 Å². The molecule has 18 heavy (non-hydrogen) atoms. The van der Waals surface area contributed by atoms with Crippen molar-refractivity contribution in [3.63, 3.8) is 0 Å². The van der Waals surface area contributed by atoms with Crippen LogP contribution in [0.2, 0.25) is 0 Å².